The van der Waals surface area contributed by atoms with E-state index in [4.69, 9.17) is 0 Å². The summed E-state index contributed by atoms with van der Waals surface area (Å²) in [6, 6.07) is 6.08. The molecule has 0 saturated heterocycles. The SMILES string of the molecule is CCc1nc2ccc(-n3nccn3)cc2s1. The molecule has 0 N–H and O–H groups in total. The van der Waals surface area contributed by atoms with Crippen LogP contribution in [0.3, 0.4) is 0 Å². The maximum Gasteiger partial charge on any atom is 0.0935 e. The summed E-state index contributed by atoms with van der Waals surface area (Å²) < 4.78 is 1.19. The van der Waals surface area contributed by atoms with E-state index in [1.54, 1.807) is 28.5 Å². The second kappa shape index (κ2) is 3.68. The Morgan fingerprint density at radius 3 is 2.81 bits per heavy atom. The summed E-state index contributed by atoms with van der Waals surface area (Å²) in [4.78, 5) is 6.14. The van der Waals surface area contributed by atoms with E-state index >= 15 is 0 Å². The fraction of sp³-hybridized carbons (Fsp3) is 0.182. The molecule has 0 bridgehead atoms. The van der Waals surface area contributed by atoms with E-state index in [-0.39, 0.29) is 0 Å². The maximum absolute atomic E-state index is 4.52. The van der Waals surface area contributed by atoms with Crippen LogP contribution in [0.4, 0.5) is 0 Å². The summed E-state index contributed by atoms with van der Waals surface area (Å²) in [7, 11) is 0. The lowest BCUT2D eigenvalue weighted by molar-refractivity contribution is 0.753. The van der Waals surface area contributed by atoms with Gasteiger partial charge in [-0.15, -0.1) is 11.3 Å². The Kier molecular flexibility index (Phi) is 2.18. The van der Waals surface area contributed by atoms with Gasteiger partial charge in [0.05, 0.1) is 33.3 Å². The molecular weight excluding hydrogens is 220 g/mol. The van der Waals surface area contributed by atoms with Gasteiger partial charge >= 0.3 is 0 Å². The van der Waals surface area contributed by atoms with Crippen LogP contribution in [0, 0.1) is 0 Å². The van der Waals surface area contributed by atoms with Crippen molar-refractivity contribution in [2.24, 2.45) is 0 Å². The highest BCUT2D eigenvalue weighted by atomic mass is 32.1. The maximum atomic E-state index is 4.52. The average Bonchev–Trinajstić information content (AvgIpc) is 2.96. The summed E-state index contributed by atoms with van der Waals surface area (Å²) in [6.07, 6.45) is 4.33. The first-order valence-corrected chi connectivity index (χ1v) is 5.94. The van der Waals surface area contributed by atoms with E-state index < -0.39 is 0 Å². The van der Waals surface area contributed by atoms with Crippen LogP contribution in [0.5, 0.6) is 0 Å². The van der Waals surface area contributed by atoms with Crippen LogP contribution in [0.2, 0.25) is 0 Å². The molecular formula is C11H10N4S. The van der Waals surface area contributed by atoms with E-state index in [1.807, 2.05) is 12.1 Å². The summed E-state index contributed by atoms with van der Waals surface area (Å²) in [6.45, 7) is 2.12. The van der Waals surface area contributed by atoms with Gasteiger partial charge in [-0.25, -0.2) is 4.98 Å². The van der Waals surface area contributed by atoms with Crippen molar-refractivity contribution in [3.8, 4) is 5.69 Å². The van der Waals surface area contributed by atoms with Gasteiger partial charge in [0.15, 0.2) is 0 Å². The number of aromatic nitrogens is 4. The number of hydrogen-bond donors (Lipinski definition) is 0. The predicted octanol–water partition coefficient (Wildman–Crippen LogP) is 2.44. The highest BCUT2D eigenvalue weighted by molar-refractivity contribution is 7.18. The van der Waals surface area contributed by atoms with Crippen molar-refractivity contribution in [3.63, 3.8) is 0 Å². The van der Waals surface area contributed by atoms with Gasteiger partial charge < -0.3 is 0 Å². The van der Waals surface area contributed by atoms with Crippen LogP contribution in [-0.2, 0) is 6.42 Å². The standard InChI is InChI=1S/C11H10N4S/c1-2-11-14-9-4-3-8(7-10(9)16-11)15-12-5-6-13-15/h3-7H,2H2,1H3. The Morgan fingerprint density at radius 2 is 2.06 bits per heavy atom. The largest absolute Gasteiger partial charge is 0.241 e. The highest BCUT2D eigenvalue weighted by Crippen LogP contribution is 2.24. The smallest absolute Gasteiger partial charge is 0.0935 e. The lowest BCUT2D eigenvalue weighted by Crippen LogP contribution is -1.97. The quantitative estimate of drug-likeness (QED) is 0.679. The molecule has 4 nitrogen and oxygen atoms in total. The van der Waals surface area contributed by atoms with Crippen molar-refractivity contribution in [2.45, 2.75) is 13.3 Å². The Bertz CT molecular complexity index is 612. The van der Waals surface area contributed by atoms with E-state index in [9.17, 15) is 0 Å². The van der Waals surface area contributed by atoms with E-state index in [2.05, 4.69) is 28.2 Å². The topological polar surface area (TPSA) is 43.6 Å². The van der Waals surface area contributed by atoms with Gasteiger partial charge in [-0.05, 0) is 24.6 Å². The molecule has 2 aromatic heterocycles. The van der Waals surface area contributed by atoms with Crippen molar-refractivity contribution in [3.05, 3.63) is 35.6 Å². The van der Waals surface area contributed by atoms with Crippen molar-refractivity contribution < 1.29 is 0 Å². The van der Waals surface area contributed by atoms with Gasteiger partial charge in [-0.1, -0.05) is 6.92 Å². The summed E-state index contributed by atoms with van der Waals surface area (Å²) in [5.74, 6) is 0. The van der Waals surface area contributed by atoms with Gasteiger partial charge in [0, 0.05) is 0 Å². The Balaban J connectivity index is 2.15. The normalized spacial score (nSPS) is 11.1. The molecule has 16 heavy (non-hydrogen) atoms. The molecule has 1 aromatic carbocycles. The number of benzene rings is 1. The van der Waals surface area contributed by atoms with Crippen LogP contribution >= 0.6 is 11.3 Å². The molecule has 80 valence electrons. The number of hydrogen-bond acceptors (Lipinski definition) is 4. The van der Waals surface area contributed by atoms with Crippen LogP contribution in [-0.4, -0.2) is 20.0 Å². The zero-order chi connectivity index (χ0) is 11.0. The zero-order valence-corrected chi connectivity index (χ0v) is 9.61. The van der Waals surface area contributed by atoms with Crippen molar-refractivity contribution >= 4 is 21.6 Å². The molecule has 0 aliphatic heterocycles. The lowest BCUT2D eigenvalue weighted by atomic mass is 10.3. The van der Waals surface area contributed by atoms with Crippen LogP contribution in [0.25, 0.3) is 15.9 Å². The highest BCUT2D eigenvalue weighted by Gasteiger charge is 2.04. The van der Waals surface area contributed by atoms with Crippen molar-refractivity contribution in [1.29, 1.82) is 0 Å². The van der Waals surface area contributed by atoms with Crippen LogP contribution in [0.15, 0.2) is 30.6 Å². The fourth-order valence-electron chi connectivity index (χ4n) is 1.59. The summed E-state index contributed by atoms with van der Waals surface area (Å²) in [5, 5.41) is 9.39. The first-order chi connectivity index (χ1) is 7.86. The Hall–Kier alpha value is -1.75. The number of nitrogens with zero attached hydrogens (tertiary/aromatic N) is 4. The minimum Gasteiger partial charge on any atom is -0.241 e. The van der Waals surface area contributed by atoms with Gasteiger partial charge in [0.1, 0.15) is 0 Å². The third-order valence-corrected chi connectivity index (χ3v) is 3.53. The zero-order valence-electron chi connectivity index (χ0n) is 8.79. The summed E-state index contributed by atoms with van der Waals surface area (Å²) in [5.41, 5.74) is 2.03. The number of fused-ring (bicyclic) bond motifs is 1. The Labute approximate surface area is 96.6 Å². The van der Waals surface area contributed by atoms with Gasteiger partial charge in [-0.2, -0.15) is 15.0 Å². The molecule has 0 unspecified atom stereocenters. The van der Waals surface area contributed by atoms with Crippen molar-refractivity contribution in [2.75, 3.05) is 0 Å². The summed E-state index contributed by atoms with van der Waals surface area (Å²) >= 11 is 1.73. The van der Waals surface area contributed by atoms with E-state index in [0.717, 1.165) is 17.6 Å². The molecule has 5 heteroatoms. The second-order valence-electron chi connectivity index (χ2n) is 3.43. The molecule has 2 heterocycles. The predicted molar refractivity (Wildman–Crippen MR) is 63.9 cm³/mol. The van der Waals surface area contributed by atoms with Gasteiger partial charge in [-0.3, -0.25) is 0 Å². The van der Waals surface area contributed by atoms with Gasteiger partial charge in [0.2, 0.25) is 0 Å². The van der Waals surface area contributed by atoms with Crippen molar-refractivity contribution in [1.82, 2.24) is 20.0 Å². The lowest BCUT2D eigenvalue weighted by Gasteiger charge is -1.97. The van der Waals surface area contributed by atoms with Gasteiger partial charge in [0.25, 0.3) is 0 Å². The minimum absolute atomic E-state index is 0.976. The number of aryl methyl sites for hydroxylation is 1. The molecule has 0 aliphatic carbocycles. The fourth-order valence-corrected chi connectivity index (χ4v) is 2.53. The molecule has 0 atom stereocenters. The molecule has 0 amide bonds. The van der Waals surface area contributed by atoms with Crippen LogP contribution in [0.1, 0.15) is 11.9 Å². The monoisotopic (exact) mass is 230 g/mol. The van der Waals surface area contributed by atoms with Crippen LogP contribution < -0.4 is 0 Å². The molecule has 0 spiro atoms. The first-order valence-electron chi connectivity index (χ1n) is 5.13. The second-order valence-corrected chi connectivity index (χ2v) is 4.55. The third kappa shape index (κ3) is 1.49. The van der Waals surface area contributed by atoms with E-state index in [1.165, 1.54) is 9.71 Å². The molecule has 0 saturated carbocycles. The average molecular weight is 230 g/mol. The molecule has 3 rings (SSSR count). The first kappa shape index (κ1) is 9.47. The number of thiazole rings is 1. The molecule has 0 aliphatic rings. The van der Waals surface area contributed by atoms with E-state index in [0.29, 0.717) is 0 Å². The third-order valence-electron chi connectivity index (χ3n) is 2.37. The minimum atomic E-state index is 0.976. The molecule has 3 aromatic rings. The molecule has 0 fully saturated rings. The molecule has 0 radical (unpaired) electrons. The number of rotatable bonds is 2. The Morgan fingerprint density at radius 1 is 1.25 bits per heavy atom.